The van der Waals surface area contributed by atoms with Crippen molar-refractivity contribution in [3.05, 3.63) is 29.3 Å². The van der Waals surface area contributed by atoms with Crippen LogP contribution in [-0.4, -0.2) is 11.9 Å². The molecule has 0 N–H and O–H groups in total. The van der Waals surface area contributed by atoms with E-state index in [9.17, 15) is 4.79 Å². The van der Waals surface area contributed by atoms with Crippen molar-refractivity contribution in [2.45, 2.75) is 53.1 Å². The Morgan fingerprint density at radius 1 is 1.22 bits per heavy atom. The molecule has 0 saturated heterocycles. The number of ether oxygens (including phenoxy) is 1. The van der Waals surface area contributed by atoms with Gasteiger partial charge in [-0.2, -0.15) is 0 Å². The van der Waals surface area contributed by atoms with Crippen molar-refractivity contribution in [1.29, 1.82) is 0 Å². The Balaban J connectivity index is 2.23. The standard InChI is InChI=1S/C16H22O2/c1-5-16(6-2)13(17)10-14(16)18-15-11(3)8-7-9-12(15)4/h7-9,14H,5-6,10H2,1-4H3. The second-order valence-electron chi connectivity index (χ2n) is 5.32. The molecule has 1 atom stereocenters. The van der Waals surface area contributed by atoms with Crippen LogP contribution in [0.4, 0.5) is 0 Å². The first-order valence-corrected chi connectivity index (χ1v) is 6.81. The minimum Gasteiger partial charge on any atom is -0.488 e. The van der Waals surface area contributed by atoms with Gasteiger partial charge in [0.1, 0.15) is 17.6 Å². The van der Waals surface area contributed by atoms with Crippen LogP contribution in [0.3, 0.4) is 0 Å². The van der Waals surface area contributed by atoms with Gasteiger partial charge in [0, 0.05) is 6.42 Å². The molecule has 1 aliphatic rings. The van der Waals surface area contributed by atoms with Gasteiger partial charge in [0.25, 0.3) is 0 Å². The van der Waals surface area contributed by atoms with E-state index in [2.05, 4.69) is 39.8 Å². The van der Waals surface area contributed by atoms with Gasteiger partial charge in [-0.15, -0.1) is 0 Å². The topological polar surface area (TPSA) is 26.3 Å². The molecule has 1 saturated carbocycles. The average molecular weight is 246 g/mol. The number of ketones is 1. The van der Waals surface area contributed by atoms with Crippen LogP contribution < -0.4 is 4.74 Å². The summed E-state index contributed by atoms with van der Waals surface area (Å²) in [6.07, 6.45) is 2.37. The first-order valence-electron chi connectivity index (χ1n) is 6.81. The van der Waals surface area contributed by atoms with Crippen LogP contribution in [0.25, 0.3) is 0 Å². The number of rotatable bonds is 4. The Morgan fingerprint density at radius 2 is 1.78 bits per heavy atom. The molecule has 0 radical (unpaired) electrons. The lowest BCUT2D eigenvalue weighted by Crippen LogP contribution is -2.56. The maximum atomic E-state index is 11.9. The molecule has 1 unspecified atom stereocenters. The minimum atomic E-state index is -0.241. The summed E-state index contributed by atoms with van der Waals surface area (Å²) in [6.45, 7) is 8.29. The lowest BCUT2D eigenvalue weighted by molar-refractivity contribution is -0.153. The van der Waals surface area contributed by atoms with Crippen LogP contribution in [0.15, 0.2) is 18.2 Å². The molecule has 0 aliphatic heterocycles. The Hall–Kier alpha value is -1.31. The summed E-state index contributed by atoms with van der Waals surface area (Å²) in [6, 6.07) is 6.15. The predicted octanol–water partition coefficient (Wildman–Crippen LogP) is 3.83. The fraction of sp³-hybridized carbons (Fsp3) is 0.562. The Bertz CT molecular complexity index is 438. The quantitative estimate of drug-likeness (QED) is 0.807. The van der Waals surface area contributed by atoms with E-state index in [-0.39, 0.29) is 11.5 Å². The molecule has 2 nitrogen and oxygen atoms in total. The van der Waals surface area contributed by atoms with E-state index in [4.69, 9.17) is 4.74 Å². The normalized spacial score (nSPS) is 21.6. The van der Waals surface area contributed by atoms with Crippen molar-refractivity contribution in [2.24, 2.45) is 5.41 Å². The molecule has 0 bridgehead atoms. The molecular weight excluding hydrogens is 224 g/mol. The highest BCUT2D eigenvalue weighted by atomic mass is 16.5. The van der Waals surface area contributed by atoms with E-state index in [0.717, 1.165) is 29.7 Å². The highest BCUT2D eigenvalue weighted by molar-refractivity contribution is 5.92. The van der Waals surface area contributed by atoms with Gasteiger partial charge in [0.05, 0.1) is 5.41 Å². The number of Topliss-reactive ketones (excluding diaryl/α,β-unsaturated/α-hetero) is 1. The zero-order valence-corrected chi connectivity index (χ0v) is 11.7. The van der Waals surface area contributed by atoms with Crippen molar-refractivity contribution >= 4 is 5.78 Å². The maximum absolute atomic E-state index is 11.9. The molecule has 18 heavy (non-hydrogen) atoms. The highest BCUT2D eigenvalue weighted by Gasteiger charge is 2.54. The number of hydrogen-bond donors (Lipinski definition) is 0. The van der Waals surface area contributed by atoms with Gasteiger partial charge in [-0.1, -0.05) is 32.0 Å². The SMILES string of the molecule is CCC1(CC)C(=O)CC1Oc1c(C)cccc1C. The predicted molar refractivity (Wildman–Crippen MR) is 73.0 cm³/mol. The summed E-state index contributed by atoms with van der Waals surface area (Å²) in [5.41, 5.74) is 2.06. The lowest BCUT2D eigenvalue weighted by Gasteiger charge is -2.46. The van der Waals surface area contributed by atoms with Crippen molar-refractivity contribution in [2.75, 3.05) is 0 Å². The van der Waals surface area contributed by atoms with Crippen LogP contribution in [0.1, 0.15) is 44.2 Å². The van der Waals surface area contributed by atoms with Gasteiger partial charge in [0.2, 0.25) is 0 Å². The number of carbonyl (C=O) groups is 1. The Labute approximate surface area is 109 Å². The molecule has 0 aromatic heterocycles. The highest BCUT2D eigenvalue weighted by Crippen LogP contribution is 2.46. The van der Waals surface area contributed by atoms with Gasteiger partial charge < -0.3 is 4.74 Å². The third kappa shape index (κ3) is 1.84. The van der Waals surface area contributed by atoms with Crippen LogP contribution in [0.5, 0.6) is 5.75 Å². The number of benzene rings is 1. The zero-order valence-electron chi connectivity index (χ0n) is 11.7. The largest absolute Gasteiger partial charge is 0.488 e. The van der Waals surface area contributed by atoms with E-state index in [1.165, 1.54) is 0 Å². The number of hydrogen-bond acceptors (Lipinski definition) is 2. The maximum Gasteiger partial charge on any atom is 0.146 e. The molecule has 1 aliphatic carbocycles. The fourth-order valence-electron chi connectivity index (χ4n) is 3.00. The molecule has 0 heterocycles. The molecule has 1 fully saturated rings. The monoisotopic (exact) mass is 246 g/mol. The molecule has 0 amide bonds. The summed E-state index contributed by atoms with van der Waals surface area (Å²) < 4.78 is 6.16. The third-order valence-electron chi connectivity index (χ3n) is 4.47. The van der Waals surface area contributed by atoms with E-state index in [1.807, 2.05) is 6.07 Å². The van der Waals surface area contributed by atoms with E-state index < -0.39 is 0 Å². The van der Waals surface area contributed by atoms with Crippen molar-refractivity contribution < 1.29 is 9.53 Å². The van der Waals surface area contributed by atoms with Crippen LogP contribution >= 0.6 is 0 Å². The molecule has 1 aromatic carbocycles. The Morgan fingerprint density at radius 3 is 2.22 bits per heavy atom. The first-order chi connectivity index (χ1) is 8.55. The molecular formula is C16H22O2. The first kappa shape index (κ1) is 13.1. The van der Waals surface area contributed by atoms with Crippen LogP contribution in [0.2, 0.25) is 0 Å². The van der Waals surface area contributed by atoms with E-state index in [1.54, 1.807) is 0 Å². The van der Waals surface area contributed by atoms with Crippen molar-refractivity contribution in [1.82, 2.24) is 0 Å². The minimum absolute atomic E-state index is 0.0554. The second-order valence-corrected chi connectivity index (χ2v) is 5.32. The molecule has 2 rings (SSSR count). The summed E-state index contributed by atoms with van der Waals surface area (Å²) in [5, 5.41) is 0. The molecule has 2 heteroatoms. The average Bonchev–Trinajstić information content (AvgIpc) is 2.34. The van der Waals surface area contributed by atoms with Crippen molar-refractivity contribution in [3.63, 3.8) is 0 Å². The van der Waals surface area contributed by atoms with Crippen LogP contribution in [0, 0.1) is 19.3 Å². The number of carbonyl (C=O) groups excluding carboxylic acids is 1. The van der Waals surface area contributed by atoms with Gasteiger partial charge in [0.15, 0.2) is 0 Å². The van der Waals surface area contributed by atoms with Crippen LogP contribution in [-0.2, 0) is 4.79 Å². The van der Waals surface area contributed by atoms with Gasteiger partial charge in [-0.25, -0.2) is 0 Å². The molecule has 1 aromatic rings. The summed E-state index contributed by atoms with van der Waals surface area (Å²) in [7, 11) is 0. The van der Waals surface area contributed by atoms with Gasteiger partial charge >= 0.3 is 0 Å². The zero-order chi connectivity index (χ0) is 13.3. The molecule has 98 valence electrons. The number of para-hydroxylation sites is 1. The second kappa shape index (κ2) is 4.75. The third-order valence-corrected chi connectivity index (χ3v) is 4.47. The van der Waals surface area contributed by atoms with E-state index in [0.29, 0.717) is 12.2 Å². The summed E-state index contributed by atoms with van der Waals surface area (Å²) in [4.78, 5) is 11.9. The Kier molecular flexibility index (Phi) is 3.47. The summed E-state index contributed by atoms with van der Waals surface area (Å²) in [5.74, 6) is 1.32. The van der Waals surface area contributed by atoms with Gasteiger partial charge in [-0.05, 0) is 37.8 Å². The number of aryl methyl sites for hydroxylation is 2. The smallest absolute Gasteiger partial charge is 0.146 e. The molecule has 0 spiro atoms. The summed E-state index contributed by atoms with van der Waals surface area (Å²) >= 11 is 0. The van der Waals surface area contributed by atoms with E-state index >= 15 is 0 Å². The van der Waals surface area contributed by atoms with Crippen molar-refractivity contribution in [3.8, 4) is 5.75 Å². The fourth-order valence-corrected chi connectivity index (χ4v) is 3.00. The lowest BCUT2D eigenvalue weighted by atomic mass is 9.61. The van der Waals surface area contributed by atoms with Gasteiger partial charge in [-0.3, -0.25) is 4.79 Å².